The molecule has 2 aromatic rings. The second-order valence-electron chi connectivity index (χ2n) is 4.38. The number of aromatic nitrogens is 5. The van der Waals surface area contributed by atoms with Crippen molar-refractivity contribution in [3.05, 3.63) is 29.0 Å². The SMILES string of the molecule is CCc1nnc(NCc2nncn2C)c(C#N)c1CC. The Bertz CT molecular complexity index is 639. The molecule has 0 atom stereocenters. The van der Waals surface area contributed by atoms with E-state index in [9.17, 15) is 5.26 Å². The maximum absolute atomic E-state index is 9.37. The van der Waals surface area contributed by atoms with Crippen LogP contribution in [0.1, 0.15) is 36.5 Å². The van der Waals surface area contributed by atoms with Crippen molar-refractivity contribution >= 4 is 5.82 Å². The summed E-state index contributed by atoms with van der Waals surface area (Å²) in [5, 5.41) is 28.6. The van der Waals surface area contributed by atoms with Gasteiger partial charge in [0.15, 0.2) is 11.6 Å². The standard InChI is InChI=1S/C13H17N7/c1-4-9-10(6-14)13(19-17-11(9)5-2)15-7-12-18-16-8-20(12)3/h8H,4-5,7H2,1-3H3,(H,15,19). The van der Waals surface area contributed by atoms with Crippen LogP contribution >= 0.6 is 0 Å². The van der Waals surface area contributed by atoms with Crippen LogP contribution in [0, 0.1) is 11.3 Å². The van der Waals surface area contributed by atoms with Crippen LogP contribution in [0.25, 0.3) is 0 Å². The Kier molecular flexibility index (Phi) is 4.25. The lowest BCUT2D eigenvalue weighted by molar-refractivity contribution is 0.802. The van der Waals surface area contributed by atoms with Gasteiger partial charge in [-0.25, -0.2) is 0 Å². The highest BCUT2D eigenvalue weighted by molar-refractivity contribution is 5.56. The summed E-state index contributed by atoms with van der Waals surface area (Å²) in [6, 6.07) is 2.23. The summed E-state index contributed by atoms with van der Waals surface area (Å²) in [6.07, 6.45) is 3.17. The number of hydrogen-bond acceptors (Lipinski definition) is 6. The van der Waals surface area contributed by atoms with Crippen LogP contribution in [0.15, 0.2) is 6.33 Å². The summed E-state index contributed by atoms with van der Waals surface area (Å²) < 4.78 is 1.81. The average molecular weight is 271 g/mol. The van der Waals surface area contributed by atoms with Gasteiger partial charge in [0, 0.05) is 7.05 Å². The first-order chi connectivity index (χ1) is 9.71. The second kappa shape index (κ2) is 6.10. The minimum absolute atomic E-state index is 0.453. The molecule has 1 N–H and O–H groups in total. The van der Waals surface area contributed by atoms with Crippen molar-refractivity contribution in [2.45, 2.75) is 33.2 Å². The van der Waals surface area contributed by atoms with Gasteiger partial charge in [-0.2, -0.15) is 10.4 Å². The highest BCUT2D eigenvalue weighted by Gasteiger charge is 2.14. The highest BCUT2D eigenvalue weighted by Crippen LogP contribution is 2.20. The molecule has 0 aliphatic rings. The van der Waals surface area contributed by atoms with E-state index in [4.69, 9.17) is 0 Å². The molecule has 0 saturated carbocycles. The molecule has 0 radical (unpaired) electrons. The molecule has 104 valence electrons. The van der Waals surface area contributed by atoms with E-state index in [0.29, 0.717) is 17.9 Å². The van der Waals surface area contributed by atoms with Gasteiger partial charge in [-0.3, -0.25) is 0 Å². The van der Waals surface area contributed by atoms with E-state index in [1.54, 1.807) is 6.33 Å². The van der Waals surface area contributed by atoms with Gasteiger partial charge in [-0.05, 0) is 18.4 Å². The molecule has 2 rings (SSSR count). The van der Waals surface area contributed by atoms with Crippen molar-refractivity contribution in [1.29, 1.82) is 5.26 Å². The van der Waals surface area contributed by atoms with Gasteiger partial charge >= 0.3 is 0 Å². The number of aryl methyl sites for hydroxylation is 2. The summed E-state index contributed by atoms with van der Waals surface area (Å²) in [5.74, 6) is 1.28. The fourth-order valence-corrected chi connectivity index (χ4v) is 2.05. The van der Waals surface area contributed by atoms with E-state index in [0.717, 1.165) is 29.9 Å². The van der Waals surface area contributed by atoms with E-state index >= 15 is 0 Å². The van der Waals surface area contributed by atoms with E-state index in [-0.39, 0.29) is 0 Å². The quantitative estimate of drug-likeness (QED) is 0.878. The van der Waals surface area contributed by atoms with Gasteiger partial charge in [-0.15, -0.1) is 15.3 Å². The Morgan fingerprint density at radius 2 is 2.05 bits per heavy atom. The molecule has 0 spiro atoms. The van der Waals surface area contributed by atoms with Crippen LogP contribution in [0.3, 0.4) is 0 Å². The second-order valence-corrected chi connectivity index (χ2v) is 4.38. The zero-order valence-corrected chi connectivity index (χ0v) is 11.9. The summed E-state index contributed by atoms with van der Waals surface area (Å²) in [4.78, 5) is 0. The van der Waals surface area contributed by atoms with Crippen LogP contribution in [-0.2, 0) is 26.4 Å². The molecule has 0 bridgehead atoms. The lowest BCUT2D eigenvalue weighted by atomic mass is 10.0. The Morgan fingerprint density at radius 1 is 1.25 bits per heavy atom. The third-order valence-electron chi connectivity index (χ3n) is 3.18. The fourth-order valence-electron chi connectivity index (χ4n) is 2.05. The molecule has 7 heteroatoms. The number of nitrogens with one attached hydrogen (secondary N) is 1. The first-order valence-corrected chi connectivity index (χ1v) is 6.56. The predicted octanol–water partition coefficient (Wildman–Crippen LogP) is 1.21. The van der Waals surface area contributed by atoms with Gasteiger partial charge in [0.05, 0.1) is 12.2 Å². The van der Waals surface area contributed by atoms with E-state index < -0.39 is 0 Å². The molecule has 0 amide bonds. The van der Waals surface area contributed by atoms with Crippen molar-refractivity contribution in [1.82, 2.24) is 25.0 Å². The van der Waals surface area contributed by atoms with Gasteiger partial charge in [0.2, 0.25) is 0 Å². The van der Waals surface area contributed by atoms with Gasteiger partial charge in [-0.1, -0.05) is 13.8 Å². The smallest absolute Gasteiger partial charge is 0.167 e. The van der Waals surface area contributed by atoms with Crippen LogP contribution < -0.4 is 5.32 Å². The molecule has 0 aliphatic heterocycles. The van der Waals surface area contributed by atoms with Crippen LogP contribution in [-0.4, -0.2) is 25.0 Å². The summed E-state index contributed by atoms with van der Waals surface area (Å²) >= 11 is 0. The highest BCUT2D eigenvalue weighted by atomic mass is 15.3. The predicted molar refractivity (Wildman–Crippen MR) is 73.8 cm³/mol. The van der Waals surface area contributed by atoms with Crippen molar-refractivity contribution in [2.24, 2.45) is 7.05 Å². The zero-order chi connectivity index (χ0) is 14.5. The summed E-state index contributed by atoms with van der Waals surface area (Å²) in [7, 11) is 1.87. The topological polar surface area (TPSA) is 92.3 Å². The van der Waals surface area contributed by atoms with Gasteiger partial charge < -0.3 is 9.88 Å². The van der Waals surface area contributed by atoms with Crippen molar-refractivity contribution < 1.29 is 0 Å². The maximum Gasteiger partial charge on any atom is 0.167 e. The molecule has 0 saturated heterocycles. The normalized spacial score (nSPS) is 10.3. The lowest BCUT2D eigenvalue weighted by Crippen LogP contribution is -2.12. The van der Waals surface area contributed by atoms with Gasteiger partial charge in [0.25, 0.3) is 0 Å². The maximum atomic E-state index is 9.37. The first-order valence-electron chi connectivity index (χ1n) is 6.56. The van der Waals surface area contributed by atoms with E-state index in [1.807, 2.05) is 25.5 Å². The number of anilines is 1. The molecule has 2 heterocycles. The number of rotatable bonds is 5. The Morgan fingerprint density at radius 3 is 2.60 bits per heavy atom. The molecule has 0 aromatic carbocycles. The molecule has 2 aromatic heterocycles. The minimum Gasteiger partial charge on any atom is -0.360 e. The molecular formula is C13H17N7. The van der Waals surface area contributed by atoms with Gasteiger partial charge in [0.1, 0.15) is 18.0 Å². The average Bonchev–Trinajstić information content (AvgIpc) is 2.89. The Balaban J connectivity index is 2.28. The van der Waals surface area contributed by atoms with Crippen LogP contribution in [0.2, 0.25) is 0 Å². The van der Waals surface area contributed by atoms with E-state index in [1.165, 1.54) is 0 Å². The summed E-state index contributed by atoms with van der Waals surface area (Å²) in [5.41, 5.74) is 2.42. The lowest BCUT2D eigenvalue weighted by Gasteiger charge is -2.11. The molecule has 0 unspecified atom stereocenters. The van der Waals surface area contributed by atoms with Crippen molar-refractivity contribution in [3.8, 4) is 6.07 Å². The first kappa shape index (κ1) is 13.9. The third kappa shape index (κ3) is 2.59. The largest absolute Gasteiger partial charge is 0.360 e. The Labute approximate surface area is 117 Å². The third-order valence-corrected chi connectivity index (χ3v) is 3.18. The molecule has 7 nitrogen and oxygen atoms in total. The minimum atomic E-state index is 0.453. The van der Waals surface area contributed by atoms with E-state index in [2.05, 4.69) is 31.8 Å². The molecule has 0 aliphatic carbocycles. The Hall–Kier alpha value is -2.49. The summed E-state index contributed by atoms with van der Waals surface area (Å²) in [6.45, 7) is 4.48. The van der Waals surface area contributed by atoms with Crippen LogP contribution in [0.4, 0.5) is 5.82 Å². The van der Waals surface area contributed by atoms with Crippen molar-refractivity contribution in [2.75, 3.05) is 5.32 Å². The molecular weight excluding hydrogens is 254 g/mol. The number of nitriles is 1. The monoisotopic (exact) mass is 271 g/mol. The number of hydrogen-bond donors (Lipinski definition) is 1. The van der Waals surface area contributed by atoms with Crippen LogP contribution in [0.5, 0.6) is 0 Å². The fraction of sp³-hybridized carbons (Fsp3) is 0.462. The van der Waals surface area contributed by atoms with Crippen molar-refractivity contribution in [3.63, 3.8) is 0 Å². The molecule has 0 fully saturated rings. The molecule has 20 heavy (non-hydrogen) atoms. The number of nitrogens with zero attached hydrogens (tertiary/aromatic N) is 6. The zero-order valence-electron chi connectivity index (χ0n) is 11.9.